The fourth-order valence-corrected chi connectivity index (χ4v) is 9.63. The number of anilines is 4. The summed E-state index contributed by atoms with van der Waals surface area (Å²) in [6, 6.07) is 11.9. The van der Waals surface area contributed by atoms with Crippen molar-refractivity contribution in [3.63, 3.8) is 0 Å². The summed E-state index contributed by atoms with van der Waals surface area (Å²) >= 11 is 6.01. The summed E-state index contributed by atoms with van der Waals surface area (Å²) in [6.07, 6.45) is 7.91. The zero-order valence-corrected chi connectivity index (χ0v) is 33.0. The van der Waals surface area contributed by atoms with Crippen LogP contribution in [0.4, 0.5) is 27.7 Å². The summed E-state index contributed by atoms with van der Waals surface area (Å²) in [7, 11) is 0. The van der Waals surface area contributed by atoms with Gasteiger partial charge in [-0.2, -0.15) is 0 Å². The maximum Gasteiger partial charge on any atom is 0.262 e. The molecule has 16 nitrogen and oxygen atoms in total. The number of nitrogens with two attached hydrogens (primary N) is 1. The lowest BCUT2D eigenvalue weighted by atomic mass is 9.71. The van der Waals surface area contributed by atoms with Crippen molar-refractivity contribution in [2.45, 2.75) is 44.2 Å². The van der Waals surface area contributed by atoms with Crippen LogP contribution in [0.3, 0.4) is 0 Å². The number of fused-ring (bicyclic) bond motifs is 2. The van der Waals surface area contributed by atoms with Crippen LogP contribution in [-0.4, -0.2) is 110 Å². The fraction of sp³-hybridized carbons (Fsp3) is 0.333. The van der Waals surface area contributed by atoms with Crippen LogP contribution in [-0.2, 0) is 9.59 Å². The number of piperidine rings is 2. The number of nitrogen functional groups attached to an aromatic ring is 1. The summed E-state index contributed by atoms with van der Waals surface area (Å²) < 4.78 is 17.7. The molecule has 0 radical (unpaired) electrons. The van der Waals surface area contributed by atoms with Crippen molar-refractivity contribution in [2.75, 3.05) is 60.1 Å². The molecule has 2 unspecified atom stereocenters. The average molecular weight is 832 g/mol. The number of amides is 5. The molecule has 10 rings (SSSR count). The number of pyridine rings is 1. The highest BCUT2D eigenvalue weighted by Crippen LogP contribution is 2.44. The van der Waals surface area contributed by atoms with E-state index in [4.69, 9.17) is 22.3 Å². The zero-order valence-electron chi connectivity index (χ0n) is 32.2. The van der Waals surface area contributed by atoms with Gasteiger partial charge in [0.1, 0.15) is 34.7 Å². The highest BCUT2D eigenvalue weighted by molar-refractivity contribution is 6.30. The molecule has 0 aliphatic carbocycles. The number of hydrogen-bond donors (Lipinski definition) is 3. The van der Waals surface area contributed by atoms with Gasteiger partial charge in [0.05, 0.1) is 11.1 Å². The Labute approximate surface area is 347 Å². The molecule has 18 heteroatoms. The predicted molar refractivity (Wildman–Crippen MR) is 219 cm³/mol. The molecule has 5 aliphatic heterocycles. The second-order valence-electron chi connectivity index (χ2n) is 16.3. The van der Waals surface area contributed by atoms with E-state index >= 15 is 4.39 Å². The predicted octanol–water partition coefficient (Wildman–Crippen LogP) is 4.00. The number of benzene rings is 2. The Morgan fingerprint density at radius 2 is 1.68 bits per heavy atom. The van der Waals surface area contributed by atoms with Crippen molar-refractivity contribution in [3.05, 3.63) is 94.7 Å². The van der Waals surface area contributed by atoms with Gasteiger partial charge < -0.3 is 20.9 Å². The Bertz CT molecular complexity index is 2660. The maximum atomic E-state index is 15.8. The average Bonchev–Trinajstić information content (AvgIpc) is 3.93. The van der Waals surface area contributed by atoms with E-state index in [1.807, 2.05) is 10.5 Å². The van der Waals surface area contributed by atoms with Gasteiger partial charge in [-0.05, 0) is 79.6 Å². The lowest BCUT2D eigenvalue weighted by Gasteiger charge is -2.56. The quantitative estimate of drug-likeness (QED) is 0.200. The number of imidazole rings is 1. The van der Waals surface area contributed by atoms with Gasteiger partial charge in [0.15, 0.2) is 0 Å². The van der Waals surface area contributed by atoms with Gasteiger partial charge in [-0.15, -0.1) is 0 Å². The minimum atomic E-state index is -0.997. The Kier molecular flexibility index (Phi) is 9.05. The molecular formula is C42H39ClFN11O5. The summed E-state index contributed by atoms with van der Waals surface area (Å²) in [5, 5.41) is 5.28. The van der Waals surface area contributed by atoms with Gasteiger partial charge >= 0.3 is 0 Å². The van der Waals surface area contributed by atoms with Crippen molar-refractivity contribution in [2.24, 2.45) is 5.41 Å². The van der Waals surface area contributed by atoms with E-state index in [0.717, 1.165) is 75.2 Å². The molecule has 5 aliphatic rings. The number of imide groups is 2. The highest BCUT2D eigenvalue weighted by atomic mass is 35.5. The molecule has 60 heavy (non-hydrogen) atoms. The summed E-state index contributed by atoms with van der Waals surface area (Å²) in [4.78, 5) is 85.0. The van der Waals surface area contributed by atoms with Crippen LogP contribution in [0.1, 0.15) is 63.2 Å². The number of nitrogens with zero attached hydrogens (tertiary/aromatic N) is 8. The van der Waals surface area contributed by atoms with Gasteiger partial charge in [-0.25, -0.2) is 19.3 Å². The van der Waals surface area contributed by atoms with Crippen molar-refractivity contribution >= 4 is 69.9 Å². The first-order valence-electron chi connectivity index (χ1n) is 19.9. The Morgan fingerprint density at radius 1 is 0.900 bits per heavy atom. The van der Waals surface area contributed by atoms with Crippen molar-refractivity contribution in [1.29, 1.82) is 0 Å². The number of carbonyl (C=O) groups excluding carboxylic acids is 5. The van der Waals surface area contributed by atoms with Crippen LogP contribution in [0.2, 0.25) is 5.02 Å². The van der Waals surface area contributed by atoms with Crippen LogP contribution in [0.25, 0.3) is 16.8 Å². The molecule has 4 N–H and O–H groups in total. The minimum Gasteiger partial charge on any atom is -0.382 e. The molecule has 1 spiro atoms. The number of rotatable bonds is 7. The molecule has 2 aromatic carbocycles. The van der Waals surface area contributed by atoms with Gasteiger partial charge in [-0.1, -0.05) is 11.6 Å². The van der Waals surface area contributed by atoms with Gasteiger partial charge in [0.2, 0.25) is 17.8 Å². The largest absolute Gasteiger partial charge is 0.382 e. The summed E-state index contributed by atoms with van der Waals surface area (Å²) in [5.74, 6) is -2.11. The van der Waals surface area contributed by atoms with E-state index < -0.39 is 41.4 Å². The zero-order chi connectivity index (χ0) is 41.4. The monoisotopic (exact) mass is 831 g/mol. The number of nitrogens with one attached hydrogen (secondary N) is 2. The van der Waals surface area contributed by atoms with Crippen molar-refractivity contribution in [3.8, 4) is 11.3 Å². The van der Waals surface area contributed by atoms with Crippen molar-refractivity contribution < 1.29 is 28.4 Å². The van der Waals surface area contributed by atoms with E-state index in [-0.39, 0.29) is 52.1 Å². The van der Waals surface area contributed by atoms with Crippen molar-refractivity contribution in [1.82, 2.24) is 34.5 Å². The first-order chi connectivity index (χ1) is 28.9. The van der Waals surface area contributed by atoms with Crippen LogP contribution < -0.4 is 26.2 Å². The van der Waals surface area contributed by atoms with Crippen LogP contribution >= 0.6 is 11.6 Å². The van der Waals surface area contributed by atoms with Gasteiger partial charge in [0, 0.05) is 92.2 Å². The number of aromatic nitrogens is 4. The topological polar surface area (TPSA) is 191 Å². The molecule has 5 aromatic rings. The van der Waals surface area contributed by atoms with Crippen LogP contribution in [0.5, 0.6) is 0 Å². The SMILES string of the molecule is Nc1nccn2c(N3CCC4(CC3)CN(C3CCN(c5ccc6c(c5)C(=O)N(C5CCC(=O)NC5=O)C6=O)C3)C4)nc(-c3ccc(C(=O)Nc4cc(Cl)ccn4)cc3F)c12. The molecule has 0 bridgehead atoms. The molecule has 5 amide bonds. The first-order valence-corrected chi connectivity index (χ1v) is 20.3. The molecule has 2 atom stereocenters. The molecule has 0 saturated carbocycles. The third-order valence-electron chi connectivity index (χ3n) is 12.7. The van der Waals surface area contributed by atoms with Gasteiger partial charge in [0.25, 0.3) is 17.7 Å². The van der Waals surface area contributed by atoms with Crippen LogP contribution in [0.15, 0.2) is 67.1 Å². The molecule has 3 aromatic heterocycles. The molecular weight excluding hydrogens is 793 g/mol. The summed E-state index contributed by atoms with van der Waals surface area (Å²) in [5.41, 5.74) is 9.09. The first kappa shape index (κ1) is 37.8. The second-order valence-corrected chi connectivity index (χ2v) is 16.7. The van der Waals surface area contributed by atoms with E-state index in [9.17, 15) is 24.0 Å². The third kappa shape index (κ3) is 6.39. The molecule has 4 fully saturated rings. The standard InChI is InChI=1S/C42H39ClFN11O5/c43-24-7-11-46-32(18-24)48-37(57)23-1-3-28(30(44)17-23)34-35-36(45)47-12-16-54(35)41(50-34)51-14-9-42(10-15-51)21-53(22-42)26-8-13-52(20-26)25-2-4-27-29(19-25)40(60)55(39(27)59)31-5-6-33(56)49-38(31)58/h1-4,7,11-12,16-19,26,31H,5-6,8-10,13-15,20-22H2,(H2,45,47)(H,46,48,57)(H,49,56,58). The number of hydrogen-bond acceptors (Lipinski definition) is 12. The molecule has 4 saturated heterocycles. The van der Waals surface area contributed by atoms with Gasteiger partial charge in [-0.3, -0.25) is 43.5 Å². The number of halogens is 2. The minimum absolute atomic E-state index is 0.0742. The number of likely N-dealkylation sites (tertiary alicyclic amines) is 1. The second kappa shape index (κ2) is 14.4. The molecule has 306 valence electrons. The number of carbonyl (C=O) groups is 5. The Hall–Kier alpha value is -6.46. The highest BCUT2D eigenvalue weighted by Gasteiger charge is 2.49. The Balaban J connectivity index is 0.783. The fourth-order valence-electron chi connectivity index (χ4n) is 9.47. The van der Waals surface area contributed by atoms with E-state index in [2.05, 4.69) is 35.3 Å². The van der Waals surface area contributed by atoms with E-state index in [0.29, 0.717) is 28.2 Å². The lowest BCUT2D eigenvalue weighted by Crippen LogP contribution is -2.63. The normalized spacial score (nSPS) is 21.5. The van der Waals surface area contributed by atoms with E-state index in [1.54, 1.807) is 30.6 Å². The lowest BCUT2D eigenvalue weighted by molar-refractivity contribution is -0.136. The summed E-state index contributed by atoms with van der Waals surface area (Å²) in [6.45, 7) is 5.05. The van der Waals surface area contributed by atoms with Crippen LogP contribution in [0, 0.1) is 11.2 Å². The Morgan fingerprint density at radius 3 is 2.45 bits per heavy atom. The van der Waals surface area contributed by atoms with E-state index in [1.165, 1.54) is 24.4 Å². The molecule has 8 heterocycles. The third-order valence-corrected chi connectivity index (χ3v) is 12.9. The smallest absolute Gasteiger partial charge is 0.262 e. The maximum absolute atomic E-state index is 15.8.